The first-order chi connectivity index (χ1) is 6.77. The van der Waals surface area contributed by atoms with Crippen LogP contribution in [-0.4, -0.2) is 13.1 Å². The lowest BCUT2D eigenvalue weighted by atomic mass is 9.96. The van der Waals surface area contributed by atoms with E-state index in [-0.39, 0.29) is 0 Å². The fraction of sp³-hybridized carbons (Fsp3) is 0.385. The van der Waals surface area contributed by atoms with Crippen LogP contribution in [0.2, 0.25) is 0 Å². The second-order valence-corrected chi connectivity index (χ2v) is 4.01. The minimum atomic E-state index is 1.02. The van der Waals surface area contributed by atoms with Crippen molar-refractivity contribution < 1.29 is 0 Å². The van der Waals surface area contributed by atoms with E-state index in [1.807, 2.05) is 0 Å². The zero-order chi connectivity index (χ0) is 9.97. The summed E-state index contributed by atoms with van der Waals surface area (Å²) in [5, 5.41) is 3.41. The Labute approximate surface area is 85.8 Å². The molecule has 14 heavy (non-hydrogen) atoms. The van der Waals surface area contributed by atoms with Crippen LogP contribution in [0.25, 0.3) is 5.57 Å². The fourth-order valence-electron chi connectivity index (χ4n) is 1.93. The van der Waals surface area contributed by atoms with E-state index in [4.69, 9.17) is 0 Å². The number of hydrogen-bond donors (Lipinski definition) is 1. The summed E-state index contributed by atoms with van der Waals surface area (Å²) in [4.78, 5) is 0. The third kappa shape index (κ3) is 1.88. The highest BCUT2D eigenvalue weighted by Crippen LogP contribution is 2.21. The van der Waals surface area contributed by atoms with Gasteiger partial charge in [-0.25, -0.2) is 0 Å². The van der Waals surface area contributed by atoms with Crippen molar-refractivity contribution in [2.45, 2.75) is 20.3 Å². The van der Waals surface area contributed by atoms with Crippen LogP contribution >= 0.6 is 0 Å². The summed E-state index contributed by atoms with van der Waals surface area (Å²) in [5.41, 5.74) is 5.59. The molecule has 0 amide bonds. The molecule has 0 radical (unpaired) electrons. The van der Waals surface area contributed by atoms with Gasteiger partial charge in [-0.2, -0.15) is 0 Å². The molecule has 0 fully saturated rings. The van der Waals surface area contributed by atoms with Crippen molar-refractivity contribution >= 4 is 5.57 Å². The third-order valence-corrected chi connectivity index (χ3v) is 2.77. The molecule has 74 valence electrons. The summed E-state index contributed by atoms with van der Waals surface area (Å²) in [7, 11) is 0. The maximum Gasteiger partial charge on any atom is 0.0208 e. The van der Waals surface area contributed by atoms with Gasteiger partial charge in [-0.05, 0) is 43.5 Å². The van der Waals surface area contributed by atoms with Gasteiger partial charge in [-0.15, -0.1) is 0 Å². The predicted molar refractivity (Wildman–Crippen MR) is 61.4 cm³/mol. The third-order valence-electron chi connectivity index (χ3n) is 2.77. The Balaban J connectivity index is 2.39. The second-order valence-electron chi connectivity index (χ2n) is 4.01. The normalized spacial score (nSPS) is 16.6. The van der Waals surface area contributed by atoms with Crippen molar-refractivity contribution in [3.05, 3.63) is 41.0 Å². The molecule has 1 heterocycles. The van der Waals surface area contributed by atoms with E-state index in [1.165, 1.54) is 22.3 Å². The van der Waals surface area contributed by atoms with Gasteiger partial charge in [0, 0.05) is 6.54 Å². The van der Waals surface area contributed by atoms with E-state index in [2.05, 4.69) is 43.4 Å². The molecule has 0 unspecified atom stereocenters. The van der Waals surface area contributed by atoms with Gasteiger partial charge < -0.3 is 5.32 Å². The van der Waals surface area contributed by atoms with Crippen LogP contribution < -0.4 is 5.32 Å². The first-order valence-corrected chi connectivity index (χ1v) is 5.25. The average Bonchev–Trinajstić information content (AvgIpc) is 2.23. The molecule has 0 saturated carbocycles. The van der Waals surface area contributed by atoms with Crippen LogP contribution in [0, 0.1) is 13.8 Å². The van der Waals surface area contributed by atoms with Crippen LogP contribution in [0.3, 0.4) is 0 Å². The Bertz CT molecular complexity index is 363. The van der Waals surface area contributed by atoms with Crippen molar-refractivity contribution in [2.75, 3.05) is 13.1 Å². The summed E-state index contributed by atoms with van der Waals surface area (Å²) < 4.78 is 0. The molecule has 0 saturated heterocycles. The van der Waals surface area contributed by atoms with Crippen molar-refractivity contribution in [3.8, 4) is 0 Å². The van der Waals surface area contributed by atoms with Gasteiger partial charge in [-0.3, -0.25) is 0 Å². The van der Waals surface area contributed by atoms with Gasteiger partial charge in [0.15, 0.2) is 0 Å². The van der Waals surface area contributed by atoms with Crippen molar-refractivity contribution in [3.63, 3.8) is 0 Å². The fourth-order valence-corrected chi connectivity index (χ4v) is 1.93. The number of rotatable bonds is 1. The standard InChI is InChI=1S/C13H17N/c1-10-5-6-11(2)13(8-10)12-4-3-7-14-9-12/h4-6,8,14H,3,7,9H2,1-2H3. The van der Waals surface area contributed by atoms with Gasteiger partial charge in [-0.1, -0.05) is 29.8 Å². The van der Waals surface area contributed by atoms with Crippen LogP contribution in [0.4, 0.5) is 0 Å². The van der Waals surface area contributed by atoms with Gasteiger partial charge >= 0.3 is 0 Å². The topological polar surface area (TPSA) is 12.0 Å². The Kier molecular flexibility index (Phi) is 2.69. The predicted octanol–water partition coefficient (Wildman–Crippen LogP) is 2.68. The second kappa shape index (κ2) is 3.97. The number of aryl methyl sites for hydroxylation is 2. The zero-order valence-corrected chi connectivity index (χ0v) is 8.93. The molecular formula is C13H17N. The van der Waals surface area contributed by atoms with Gasteiger partial charge in [0.2, 0.25) is 0 Å². The number of hydrogen-bond acceptors (Lipinski definition) is 1. The maximum absolute atomic E-state index is 3.41. The van der Waals surface area contributed by atoms with Gasteiger partial charge in [0.25, 0.3) is 0 Å². The highest BCUT2D eigenvalue weighted by atomic mass is 14.9. The molecule has 0 atom stereocenters. The summed E-state index contributed by atoms with van der Waals surface area (Å²) in [6, 6.07) is 6.67. The van der Waals surface area contributed by atoms with Crippen molar-refractivity contribution in [1.82, 2.24) is 5.32 Å². The largest absolute Gasteiger partial charge is 0.312 e. The lowest BCUT2D eigenvalue weighted by molar-refractivity contribution is 0.739. The molecule has 1 aliphatic heterocycles. The Morgan fingerprint density at radius 1 is 1.21 bits per heavy atom. The number of nitrogens with one attached hydrogen (secondary N) is 1. The van der Waals surface area contributed by atoms with E-state index in [1.54, 1.807) is 0 Å². The molecule has 0 spiro atoms. The molecule has 0 aromatic heterocycles. The quantitative estimate of drug-likeness (QED) is 0.712. The molecule has 2 rings (SSSR count). The van der Waals surface area contributed by atoms with Crippen molar-refractivity contribution in [1.29, 1.82) is 0 Å². The van der Waals surface area contributed by atoms with Crippen LogP contribution in [0.15, 0.2) is 24.3 Å². The average molecular weight is 187 g/mol. The van der Waals surface area contributed by atoms with Gasteiger partial charge in [0.1, 0.15) is 0 Å². The number of benzene rings is 1. The van der Waals surface area contributed by atoms with Crippen molar-refractivity contribution in [2.24, 2.45) is 0 Å². The Hall–Kier alpha value is -1.08. The van der Waals surface area contributed by atoms with E-state index >= 15 is 0 Å². The van der Waals surface area contributed by atoms with E-state index in [9.17, 15) is 0 Å². The summed E-state index contributed by atoms with van der Waals surface area (Å²) in [6.07, 6.45) is 3.51. The molecule has 0 aliphatic carbocycles. The Morgan fingerprint density at radius 3 is 2.79 bits per heavy atom. The highest BCUT2D eigenvalue weighted by molar-refractivity contribution is 5.70. The molecule has 1 aliphatic rings. The molecule has 1 aromatic rings. The first-order valence-electron chi connectivity index (χ1n) is 5.25. The minimum Gasteiger partial charge on any atom is -0.312 e. The molecular weight excluding hydrogens is 170 g/mol. The molecule has 0 bridgehead atoms. The molecule has 1 N–H and O–H groups in total. The maximum atomic E-state index is 3.41. The van der Waals surface area contributed by atoms with Crippen LogP contribution in [0.5, 0.6) is 0 Å². The smallest absolute Gasteiger partial charge is 0.0208 e. The van der Waals surface area contributed by atoms with E-state index < -0.39 is 0 Å². The lowest BCUT2D eigenvalue weighted by Gasteiger charge is -2.16. The van der Waals surface area contributed by atoms with Gasteiger partial charge in [0.05, 0.1) is 0 Å². The summed E-state index contributed by atoms with van der Waals surface area (Å²) in [6.45, 7) is 6.47. The van der Waals surface area contributed by atoms with Crippen LogP contribution in [-0.2, 0) is 0 Å². The molecule has 1 heteroatoms. The SMILES string of the molecule is Cc1ccc(C)c(C2=CCCNC2)c1. The monoisotopic (exact) mass is 187 g/mol. The zero-order valence-electron chi connectivity index (χ0n) is 8.93. The van der Waals surface area contributed by atoms with E-state index in [0.29, 0.717) is 0 Å². The molecule has 1 nitrogen and oxygen atoms in total. The first kappa shape index (κ1) is 9.47. The molecule has 1 aromatic carbocycles. The summed E-state index contributed by atoms with van der Waals surface area (Å²) >= 11 is 0. The summed E-state index contributed by atoms with van der Waals surface area (Å²) in [5.74, 6) is 0. The van der Waals surface area contributed by atoms with Crippen LogP contribution in [0.1, 0.15) is 23.1 Å². The van der Waals surface area contributed by atoms with E-state index in [0.717, 1.165) is 19.5 Å². The lowest BCUT2D eigenvalue weighted by Crippen LogP contribution is -2.21. The Morgan fingerprint density at radius 2 is 2.07 bits per heavy atom. The minimum absolute atomic E-state index is 1.02. The highest BCUT2D eigenvalue weighted by Gasteiger charge is 2.07.